The number of carbonyl (C=O) groups is 1. The van der Waals surface area contributed by atoms with Gasteiger partial charge in [0.1, 0.15) is 0 Å². The smallest absolute Gasteiger partial charge is 0.220 e. The summed E-state index contributed by atoms with van der Waals surface area (Å²) in [4.78, 5) is 11.7. The zero-order valence-electron chi connectivity index (χ0n) is 18.6. The summed E-state index contributed by atoms with van der Waals surface area (Å²) in [5, 5.41) is 12.0. The van der Waals surface area contributed by atoms with Crippen molar-refractivity contribution in [2.75, 3.05) is 6.61 Å². The number of carbonyl (C=O) groups excluding carboxylic acids is 1. The summed E-state index contributed by atoms with van der Waals surface area (Å²) >= 11 is 0. The van der Waals surface area contributed by atoms with E-state index in [1.165, 1.54) is 96.3 Å². The van der Waals surface area contributed by atoms with Gasteiger partial charge in [0.2, 0.25) is 5.91 Å². The molecule has 0 aliphatic heterocycles. The van der Waals surface area contributed by atoms with Gasteiger partial charge in [-0.1, -0.05) is 117 Å². The SMILES string of the molecule is CCCCCCCCCCCCCCCCCCCC(=O)N[C@H](CC)CO. The van der Waals surface area contributed by atoms with E-state index in [0.717, 1.165) is 19.3 Å². The molecular formula is C24H49NO2. The molecule has 0 spiro atoms. The van der Waals surface area contributed by atoms with Crippen LogP contribution in [0.4, 0.5) is 0 Å². The lowest BCUT2D eigenvalue weighted by atomic mass is 10.0. The first-order valence-electron chi connectivity index (χ1n) is 12.1. The molecule has 0 bridgehead atoms. The molecule has 0 aliphatic rings. The minimum atomic E-state index is -0.0664. The molecule has 1 atom stereocenters. The number of nitrogens with one attached hydrogen (secondary N) is 1. The average Bonchev–Trinajstić information content (AvgIpc) is 2.68. The molecule has 0 saturated carbocycles. The van der Waals surface area contributed by atoms with Crippen molar-refractivity contribution in [2.45, 2.75) is 142 Å². The fourth-order valence-electron chi connectivity index (χ4n) is 3.59. The predicted molar refractivity (Wildman–Crippen MR) is 118 cm³/mol. The van der Waals surface area contributed by atoms with E-state index in [-0.39, 0.29) is 18.6 Å². The maximum absolute atomic E-state index is 11.7. The number of unbranched alkanes of at least 4 members (excludes halogenated alkanes) is 16. The highest BCUT2D eigenvalue weighted by molar-refractivity contribution is 5.76. The minimum absolute atomic E-state index is 0.0429. The van der Waals surface area contributed by atoms with Crippen LogP contribution < -0.4 is 5.32 Å². The molecule has 0 aromatic rings. The highest BCUT2D eigenvalue weighted by atomic mass is 16.3. The van der Waals surface area contributed by atoms with Crippen molar-refractivity contribution in [1.29, 1.82) is 0 Å². The van der Waals surface area contributed by atoms with Gasteiger partial charge in [0, 0.05) is 6.42 Å². The van der Waals surface area contributed by atoms with Crippen LogP contribution >= 0.6 is 0 Å². The van der Waals surface area contributed by atoms with Crippen molar-refractivity contribution < 1.29 is 9.90 Å². The van der Waals surface area contributed by atoms with Gasteiger partial charge in [-0.25, -0.2) is 0 Å². The van der Waals surface area contributed by atoms with Gasteiger partial charge in [0.25, 0.3) is 0 Å². The number of hydrogen-bond donors (Lipinski definition) is 2. The van der Waals surface area contributed by atoms with Crippen molar-refractivity contribution in [3.8, 4) is 0 Å². The van der Waals surface area contributed by atoms with Crippen molar-refractivity contribution in [3.63, 3.8) is 0 Å². The molecule has 0 radical (unpaired) electrons. The summed E-state index contributed by atoms with van der Waals surface area (Å²) in [6.45, 7) is 4.31. The Labute approximate surface area is 170 Å². The highest BCUT2D eigenvalue weighted by Gasteiger charge is 2.08. The monoisotopic (exact) mass is 383 g/mol. The molecule has 162 valence electrons. The Morgan fingerprint density at radius 1 is 0.667 bits per heavy atom. The van der Waals surface area contributed by atoms with E-state index in [1.807, 2.05) is 6.92 Å². The van der Waals surface area contributed by atoms with Crippen LogP contribution in [0.5, 0.6) is 0 Å². The number of hydrogen-bond acceptors (Lipinski definition) is 2. The zero-order valence-corrected chi connectivity index (χ0v) is 18.6. The fraction of sp³-hybridized carbons (Fsp3) is 0.958. The molecule has 3 heteroatoms. The van der Waals surface area contributed by atoms with Crippen LogP contribution in [0.1, 0.15) is 136 Å². The molecule has 0 aliphatic carbocycles. The first-order valence-corrected chi connectivity index (χ1v) is 12.1. The van der Waals surface area contributed by atoms with Crippen LogP contribution in [0.3, 0.4) is 0 Å². The Kier molecular flexibility index (Phi) is 21.3. The lowest BCUT2D eigenvalue weighted by Crippen LogP contribution is -2.36. The topological polar surface area (TPSA) is 49.3 Å². The molecule has 3 nitrogen and oxygen atoms in total. The van der Waals surface area contributed by atoms with Gasteiger partial charge in [0.15, 0.2) is 0 Å². The lowest BCUT2D eigenvalue weighted by Gasteiger charge is -2.13. The molecule has 0 rings (SSSR count). The van der Waals surface area contributed by atoms with Gasteiger partial charge in [-0.05, 0) is 12.8 Å². The molecule has 0 saturated heterocycles. The van der Waals surface area contributed by atoms with Crippen molar-refractivity contribution >= 4 is 5.91 Å². The summed E-state index contributed by atoms with van der Waals surface area (Å²) in [7, 11) is 0. The molecule has 0 fully saturated rings. The minimum Gasteiger partial charge on any atom is -0.394 e. The number of amides is 1. The van der Waals surface area contributed by atoms with Crippen molar-refractivity contribution in [1.82, 2.24) is 5.32 Å². The largest absolute Gasteiger partial charge is 0.394 e. The van der Waals surface area contributed by atoms with Gasteiger partial charge in [-0.2, -0.15) is 0 Å². The maximum Gasteiger partial charge on any atom is 0.220 e. The van der Waals surface area contributed by atoms with Gasteiger partial charge >= 0.3 is 0 Å². The molecule has 0 unspecified atom stereocenters. The predicted octanol–water partition coefficient (Wildman–Crippen LogP) is 6.92. The number of aliphatic hydroxyl groups excluding tert-OH is 1. The average molecular weight is 384 g/mol. The van der Waals surface area contributed by atoms with Crippen LogP contribution in [0, 0.1) is 0 Å². The zero-order chi connectivity index (χ0) is 20.0. The van der Waals surface area contributed by atoms with Crippen LogP contribution in [-0.2, 0) is 4.79 Å². The Bertz CT molecular complexity index is 303. The quantitative estimate of drug-likeness (QED) is 0.211. The summed E-state index contributed by atoms with van der Waals surface area (Å²) in [5.74, 6) is 0.0943. The van der Waals surface area contributed by atoms with Gasteiger partial charge in [-0.3, -0.25) is 4.79 Å². The first-order chi connectivity index (χ1) is 13.2. The molecule has 2 N–H and O–H groups in total. The molecule has 0 aromatic heterocycles. The van der Waals surface area contributed by atoms with E-state index in [1.54, 1.807) is 0 Å². The fourth-order valence-corrected chi connectivity index (χ4v) is 3.59. The van der Waals surface area contributed by atoms with E-state index < -0.39 is 0 Å². The lowest BCUT2D eigenvalue weighted by molar-refractivity contribution is -0.122. The Morgan fingerprint density at radius 2 is 1.04 bits per heavy atom. The van der Waals surface area contributed by atoms with Crippen LogP contribution in [0.25, 0.3) is 0 Å². The Hall–Kier alpha value is -0.570. The van der Waals surface area contributed by atoms with Gasteiger partial charge < -0.3 is 10.4 Å². The maximum atomic E-state index is 11.7. The molecular weight excluding hydrogens is 334 g/mol. The number of rotatable bonds is 21. The van der Waals surface area contributed by atoms with E-state index in [0.29, 0.717) is 6.42 Å². The molecule has 27 heavy (non-hydrogen) atoms. The standard InChI is InChI=1S/C24H49NO2/c1-3-5-6-7-8-9-10-11-12-13-14-15-16-17-18-19-20-21-24(27)25-23(4-2)22-26/h23,26H,3-22H2,1-2H3,(H,25,27)/t23-/m1/s1. The third kappa shape index (κ3) is 20.0. The molecule has 1 amide bonds. The summed E-state index contributed by atoms with van der Waals surface area (Å²) in [6.07, 6.45) is 24.5. The molecule has 0 heterocycles. The second kappa shape index (κ2) is 21.7. The van der Waals surface area contributed by atoms with E-state index in [9.17, 15) is 4.79 Å². The third-order valence-electron chi connectivity index (χ3n) is 5.59. The van der Waals surface area contributed by atoms with Crippen LogP contribution in [0.2, 0.25) is 0 Å². The Morgan fingerprint density at radius 3 is 1.37 bits per heavy atom. The number of aliphatic hydroxyl groups is 1. The van der Waals surface area contributed by atoms with Gasteiger partial charge in [-0.15, -0.1) is 0 Å². The van der Waals surface area contributed by atoms with Crippen molar-refractivity contribution in [2.24, 2.45) is 0 Å². The second-order valence-electron chi connectivity index (χ2n) is 8.26. The normalized spacial score (nSPS) is 12.3. The van der Waals surface area contributed by atoms with Crippen molar-refractivity contribution in [3.05, 3.63) is 0 Å². The molecule has 0 aromatic carbocycles. The summed E-state index contributed by atoms with van der Waals surface area (Å²) in [6, 6.07) is -0.0664. The van der Waals surface area contributed by atoms with Crippen LogP contribution in [-0.4, -0.2) is 23.7 Å². The van der Waals surface area contributed by atoms with Crippen LogP contribution in [0.15, 0.2) is 0 Å². The van der Waals surface area contributed by atoms with Gasteiger partial charge in [0.05, 0.1) is 12.6 Å². The second-order valence-corrected chi connectivity index (χ2v) is 8.26. The Balaban J connectivity index is 3.16. The first kappa shape index (κ1) is 26.4. The van der Waals surface area contributed by atoms with E-state index in [4.69, 9.17) is 5.11 Å². The summed E-state index contributed by atoms with van der Waals surface area (Å²) < 4.78 is 0. The van der Waals surface area contributed by atoms with E-state index >= 15 is 0 Å². The highest BCUT2D eigenvalue weighted by Crippen LogP contribution is 2.14. The third-order valence-corrected chi connectivity index (χ3v) is 5.59. The van der Waals surface area contributed by atoms with E-state index in [2.05, 4.69) is 12.2 Å². The summed E-state index contributed by atoms with van der Waals surface area (Å²) in [5.41, 5.74) is 0.